The quantitative estimate of drug-likeness (QED) is 0.688. The molecule has 1 saturated heterocycles. The van der Waals surface area contributed by atoms with E-state index >= 15 is 0 Å². The smallest absolute Gasteiger partial charge is 0.258 e. The molecule has 2 heterocycles. The van der Waals surface area contributed by atoms with Gasteiger partial charge in [-0.3, -0.25) is 4.79 Å². The molecule has 1 unspecified atom stereocenters. The standard InChI is InChI=1S/C20H18F2N4O2/c1-25(2)15-5-3-4-12(8-15)20-23-19(24-28-20)13-9-18(27)26(11-13)17-7-6-14(21)10-16(17)22/h3-8,10,13H,9,11H2,1-2H3. The number of halogens is 2. The first-order valence-electron chi connectivity index (χ1n) is 8.79. The third-order valence-corrected chi connectivity index (χ3v) is 4.74. The molecule has 0 N–H and O–H groups in total. The number of rotatable bonds is 4. The lowest BCUT2D eigenvalue weighted by atomic mass is 10.1. The number of hydrogen-bond donors (Lipinski definition) is 0. The van der Waals surface area contributed by atoms with Gasteiger partial charge in [0.2, 0.25) is 5.91 Å². The highest BCUT2D eigenvalue weighted by Gasteiger charge is 2.35. The molecule has 3 aromatic rings. The van der Waals surface area contributed by atoms with Crippen LogP contribution in [0.15, 0.2) is 47.0 Å². The Kier molecular flexibility index (Phi) is 4.54. The molecule has 8 heteroatoms. The largest absolute Gasteiger partial charge is 0.378 e. The maximum atomic E-state index is 14.0. The summed E-state index contributed by atoms with van der Waals surface area (Å²) in [4.78, 5) is 20.1. The molecule has 1 atom stereocenters. The first kappa shape index (κ1) is 18.1. The van der Waals surface area contributed by atoms with Crippen LogP contribution in [0.3, 0.4) is 0 Å². The molecule has 144 valence electrons. The van der Waals surface area contributed by atoms with Gasteiger partial charge in [0.1, 0.15) is 11.6 Å². The van der Waals surface area contributed by atoms with Crippen molar-refractivity contribution in [2.45, 2.75) is 12.3 Å². The van der Waals surface area contributed by atoms with E-state index in [9.17, 15) is 13.6 Å². The monoisotopic (exact) mass is 384 g/mol. The SMILES string of the molecule is CN(C)c1cccc(-c2nc(C3CC(=O)N(c4ccc(F)cc4F)C3)no2)c1. The van der Waals surface area contributed by atoms with Gasteiger partial charge in [-0.25, -0.2) is 8.78 Å². The first-order chi connectivity index (χ1) is 13.4. The summed E-state index contributed by atoms with van der Waals surface area (Å²) >= 11 is 0. The minimum atomic E-state index is -0.775. The van der Waals surface area contributed by atoms with E-state index in [4.69, 9.17) is 4.52 Å². The molecule has 0 radical (unpaired) electrons. The van der Waals surface area contributed by atoms with Gasteiger partial charge in [0.25, 0.3) is 5.89 Å². The third-order valence-electron chi connectivity index (χ3n) is 4.74. The zero-order valence-electron chi connectivity index (χ0n) is 15.4. The van der Waals surface area contributed by atoms with Gasteiger partial charge in [-0.1, -0.05) is 11.2 Å². The minimum absolute atomic E-state index is 0.0521. The van der Waals surface area contributed by atoms with Crippen molar-refractivity contribution in [3.8, 4) is 11.5 Å². The Bertz CT molecular complexity index is 1030. The minimum Gasteiger partial charge on any atom is -0.378 e. The number of amides is 1. The van der Waals surface area contributed by atoms with Crippen LogP contribution in [0.25, 0.3) is 11.5 Å². The lowest BCUT2D eigenvalue weighted by molar-refractivity contribution is -0.117. The van der Waals surface area contributed by atoms with Crippen LogP contribution in [-0.2, 0) is 4.79 Å². The summed E-state index contributed by atoms with van der Waals surface area (Å²) in [5.41, 5.74) is 1.82. The fraction of sp³-hybridized carbons (Fsp3) is 0.250. The summed E-state index contributed by atoms with van der Waals surface area (Å²) < 4.78 is 32.6. The van der Waals surface area contributed by atoms with Crippen LogP contribution in [-0.4, -0.2) is 36.7 Å². The maximum Gasteiger partial charge on any atom is 0.258 e. The molecule has 1 aromatic heterocycles. The van der Waals surface area contributed by atoms with Crippen LogP contribution in [0.1, 0.15) is 18.2 Å². The van der Waals surface area contributed by atoms with Crippen LogP contribution in [0.5, 0.6) is 0 Å². The molecule has 6 nitrogen and oxygen atoms in total. The van der Waals surface area contributed by atoms with Gasteiger partial charge >= 0.3 is 0 Å². The van der Waals surface area contributed by atoms with Crippen LogP contribution in [0, 0.1) is 11.6 Å². The number of aromatic nitrogens is 2. The maximum absolute atomic E-state index is 14.0. The molecular formula is C20H18F2N4O2. The number of hydrogen-bond acceptors (Lipinski definition) is 5. The van der Waals surface area contributed by atoms with E-state index in [1.54, 1.807) is 0 Å². The van der Waals surface area contributed by atoms with E-state index in [0.29, 0.717) is 11.7 Å². The summed E-state index contributed by atoms with van der Waals surface area (Å²) in [5, 5.41) is 4.02. The molecule has 0 aliphatic carbocycles. The second kappa shape index (κ2) is 7.03. The van der Waals surface area contributed by atoms with Crippen LogP contribution >= 0.6 is 0 Å². The van der Waals surface area contributed by atoms with Gasteiger partial charge in [0.05, 0.1) is 5.69 Å². The van der Waals surface area contributed by atoms with Crippen molar-refractivity contribution in [2.75, 3.05) is 30.4 Å². The average Bonchev–Trinajstić information content (AvgIpc) is 3.29. The normalized spacial score (nSPS) is 16.6. The molecule has 28 heavy (non-hydrogen) atoms. The zero-order chi connectivity index (χ0) is 19.8. The summed E-state index contributed by atoms with van der Waals surface area (Å²) in [7, 11) is 3.87. The van der Waals surface area contributed by atoms with Crippen molar-refractivity contribution < 1.29 is 18.1 Å². The second-order valence-electron chi connectivity index (χ2n) is 6.90. The molecule has 1 fully saturated rings. The van der Waals surface area contributed by atoms with Gasteiger partial charge in [-0.15, -0.1) is 0 Å². The molecule has 1 aliphatic heterocycles. The molecule has 0 saturated carbocycles. The van der Waals surface area contributed by atoms with Crippen molar-refractivity contribution in [3.63, 3.8) is 0 Å². The van der Waals surface area contributed by atoms with E-state index < -0.39 is 11.6 Å². The molecule has 4 rings (SSSR count). The summed E-state index contributed by atoms with van der Waals surface area (Å²) in [5.74, 6) is -1.31. The van der Waals surface area contributed by atoms with E-state index in [1.807, 2.05) is 43.3 Å². The Hall–Kier alpha value is -3.29. The Morgan fingerprint density at radius 2 is 2.00 bits per heavy atom. The van der Waals surface area contributed by atoms with Crippen molar-refractivity contribution in [1.29, 1.82) is 0 Å². The number of anilines is 2. The number of nitrogens with zero attached hydrogens (tertiary/aromatic N) is 4. The molecule has 2 aromatic carbocycles. The fourth-order valence-electron chi connectivity index (χ4n) is 3.25. The van der Waals surface area contributed by atoms with Crippen LogP contribution in [0.4, 0.5) is 20.2 Å². The first-order valence-corrected chi connectivity index (χ1v) is 8.79. The van der Waals surface area contributed by atoms with Gasteiger partial charge in [0.15, 0.2) is 5.82 Å². The Morgan fingerprint density at radius 3 is 2.75 bits per heavy atom. The van der Waals surface area contributed by atoms with Gasteiger partial charge in [-0.05, 0) is 30.3 Å². The summed E-state index contributed by atoms with van der Waals surface area (Å²) in [6.45, 7) is 0.206. The number of benzene rings is 2. The highest BCUT2D eigenvalue weighted by atomic mass is 19.1. The second-order valence-corrected chi connectivity index (χ2v) is 6.90. The Labute approximate surface area is 160 Å². The number of carbonyl (C=O) groups is 1. The molecule has 1 aliphatic rings. The highest BCUT2D eigenvalue weighted by Crippen LogP contribution is 2.33. The van der Waals surface area contributed by atoms with E-state index in [-0.39, 0.29) is 30.5 Å². The van der Waals surface area contributed by atoms with E-state index in [2.05, 4.69) is 10.1 Å². The van der Waals surface area contributed by atoms with Gasteiger partial charge in [-0.2, -0.15) is 4.98 Å². The molecule has 1 amide bonds. The van der Waals surface area contributed by atoms with Crippen LogP contribution < -0.4 is 9.80 Å². The van der Waals surface area contributed by atoms with Crippen LogP contribution in [0.2, 0.25) is 0 Å². The van der Waals surface area contributed by atoms with Crippen molar-refractivity contribution in [1.82, 2.24) is 10.1 Å². The average molecular weight is 384 g/mol. The summed E-state index contributed by atoms with van der Waals surface area (Å²) in [6, 6.07) is 10.8. The lowest BCUT2D eigenvalue weighted by Crippen LogP contribution is -2.25. The predicted octanol–water partition coefficient (Wildman–Crippen LogP) is 3.60. The lowest BCUT2D eigenvalue weighted by Gasteiger charge is -2.16. The van der Waals surface area contributed by atoms with Crippen molar-refractivity contribution in [3.05, 3.63) is 59.9 Å². The number of carbonyl (C=O) groups excluding carboxylic acids is 1. The van der Waals surface area contributed by atoms with Gasteiger partial charge < -0.3 is 14.3 Å². The zero-order valence-corrected chi connectivity index (χ0v) is 15.4. The highest BCUT2D eigenvalue weighted by molar-refractivity contribution is 5.96. The predicted molar refractivity (Wildman–Crippen MR) is 100 cm³/mol. The molecule has 0 bridgehead atoms. The molecule has 0 spiro atoms. The van der Waals surface area contributed by atoms with E-state index in [0.717, 1.165) is 23.4 Å². The Morgan fingerprint density at radius 1 is 1.18 bits per heavy atom. The fourth-order valence-corrected chi connectivity index (χ4v) is 3.25. The van der Waals surface area contributed by atoms with Gasteiger partial charge in [0, 0.05) is 50.3 Å². The molecular weight excluding hydrogens is 366 g/mol. The topological polar surface area (TPSA) is 62.5 Å². The van der Waals surface area contributed by atoms with Crippen molar-refractivity contribution >= 4 is 17.3 Å². The Balaban J connectivity index is 1.56. The third kappa shape index (κ3) is 3.33. The van der Waals surface area contributed by atoms with Crippen molar-refractivity contribution in [2.24, 2.45) is 0 Å². The summed E-state index contributed by atoms with van der Waals surface area (Å²) in [6.07, 6.45) is 0.132. The van der Waals surface area contributed by atoms with E-state index in [1.165, 1.54) is 11.0 Å².